The van der Waals surface area contributed by atoms with Crippen molar-refractivity contribution in [3.8, 4) is 16.9 Å². The van der Waals surface area contributed by atoms with Gasteiger partial charge in [-0.15, -0.1) is 0 Å². The fourth-order valence-corrected chi connectivity index (χ4v) is 2.48. The zero-order valence-electron chi connectivity index (χ0n) is 13.6. The van der Waals surface area contributed by atoms with Crippen LogP contribution in [-0.4, -0.2) is 12.8 Å². The Labute approximate surface area is 129 Å². The minimum atomic E-state index is 0.283. The van der Waals surface area contributed by atoms with Crippen LogP contribution in [0.3, 0.4) is 0 Å². The smallest absolute Gasteiger partial charge is 0.169 e. The monoisotopic (exact) mass is 280 g/mol. The van der Waals surface area contributed by atoms with Gasteiger partial charge in [-0.2, -0.15) is 0 Å². The number of hydrogen-bond donors (Lipinski definition) is 0. The second kappa shape index (κ2) is 7.35. The summed E-state index contributed by atoms with van der Waals surface area (Å²) >= 11 is 0. The van der Waals surface area contributed by atoms with Gasteiger partial charge in [0.1, 0.15) is 5.75 Å². The molecule has 0 aliphatic rings. The molecule has 0 heterocycles. The second-order valence-electron chi connectivity index (χ2n) is 6.02. The number of benzene rings is 2. The van der Waals surface area contributed by atoms with Crippen molar-refractivity contribution < 1.29 is 4.74 Å². The highest BCUT2D eigenvalue weighted by Gasteiger charge is 2.05. The van der Waals surface area contributed by atoms with E-state index in [2.05, 4.69) is 76.0 Å². The molecule has 0 aromatic heterocycles. The van der Waals surface area contributed by atoms with Crippen molar-refractivity contribution in [1.82, 2.24) is 0 Å². The van der Waals surface area contributed by atoms with Crippen molar-refractivity contribution in [1.29, 1.82) is 0 Å². The summed E-state index contributed by atoms with van der Waals surface area (Å²) in [6.45, 7) is 9.33. The molecular formula is C19H25BO. The summed E-state index contributed by atoms with van der Waals surface area (Å²) in [4.78, 5) is 0. The molecule has 2 aromatic carbocycles. The number of hydrogen-bond acceptors (Lipinski definition) is 1. The Morgan fingerprint density at radius 1 is 0.905 bits per heavy atom. The Balaban J connectivity index is 2.07. The largest absolute Gasteiger partial charge is 0.491 e. The van der Waals surface area contributed by atoms with Gasteiger partial charge in [0.2, 0.25) is 0 Å². The van der Waals surface area contributed by atoms with Crippen LogP contribution >= 0.6 is 0 Å². The van der Waals surface area contributed by atoms with E-state index in [1.165, 1.54) is 16.6 Å². The SMILES string of the molecule is CCCC(C)Oc1ccc(-c2ccc(B(C)C)cc2)cc1. The average Bonchev–Trinajstić information content (AvgIpc) is 2.48. The molecule has 0 aliphatic carbocycles. The summed E-state index contributed by atoms with van der Waals surface area (Å²) < 4.78 is 5.90. The summed E-state index contributed by atoms with van der Waals surface area (Å²) in [6.07, 6.45) is 2.53. The maximum absolute atomic E-state index is 5.90. The molecule has 110 valence electrons. The van der Waals surface area contributed by atoms with Gasteiger partial charge in [0.05, 0.1) is 6.10 Å². The van der Waals surface area contributed by atoms with Crippen LogP contribution in [0.15, 0.2) is 48.5 Å². The predicted molar refractivity (Wildman–Crippen MR) is 94.0 cm³/mol. The summed E-state index contributed by atoms with van der Waals surface area (Å²) in [5, 5.41) is 0. The van der Waals surface area contributed by atoms with E-state index < -0.39 is 0 Å². The Morgan fingerprint density at radius 3 is 1.90 bits per heavy atom. The molecule has 1 nitrogen and oxygen atoms in total. The number of ether oxygens (including phenoxy) is 1. The first-order chi connectivity index (χ1) is 10.1. The van der Waals surface area contributed by atoms with Crippen molar-refractivity contribution in [3.05, 3.63) is 48.5 Å². The predicted octanol–water partition coefficient (Wildman–Crippen LogP) is 4.88. The molecule has 0 fully saturated rings. The van der Waals surface area contributed by atoms with Crippen LogP contribution < -0.4 is 10.2 Å². The average molecular weight is 280 g/mol. The van der Waals surface area contributed by atoms with E-state index in [0.717, 1.165) is 18.6 Å². The highest BCUT2D eigenvalue weighted by Crippen LogP contribution is 2.22. The van der Waals surface area contributed by atoms with Crippen LogP contribution in [0.4, 0.5) is 0 Å². The third-order valence-corrected chi connectivity index (χ3v) is 3.80. The maximum Gasteiger partial charge on any atom is 0.169 e. The molecule has 0 N–H and O–H groups in total. The molecular weight excluding hydrogens is 255 g/mol. The fourth-order valence-electron chi connectivity index (χ4n) is 2.48. The van der Waals surface area contributed by atoms with Crippen LogP contribution in [-0.2, 0) is 0 Å². The maximum atomic E-state index is 5.90. The Hall–Kier alpha value is -1.70. The molecule has 0 radical (unpaired) electrons. The lowest BCUT2D eigenvalue weighted by atomic mass is 9.49. The molecule has 1 unspecified atom stereocenters. The van der Waals surface area contributed by atoms with Crippen molar-refractivity contribution in [2.45, 2.75) is 46.4 Å². The molecule has 2 heteroatoms. The van der Waals surface area contributed by atoms with E-state index in [-0.39, 0.29) is 6.10 Å². The van der Waals surface area contributed by atoms with Gasteiger partial charge in [0.25, 0.3) is 0 Å². The highest BCUT2D eigenvalue weighted by molar-refractivity contribution is 6.70. The Kier molecular flexibility index (Phi) is 5.49. The van der Waals surface area contributed by atoms with Gasteiger partial charge in [0, 0.05) is 0 Å². The topological polar surface area (TPSA) is 9.23 Å². The molecule has 21 heavy (non-hydrogen) atoms. The minimum absolute atomic E-state index is 0.283. The van der Waals surface area contributed by atoms with Crippen molar-refractivity contribution in [3.63, 3.8) is 0 Å². The van der Waals surface area contributed by atoms with Crippen LogP contribution in [0.25, 0.3) is 11.1 Å². The lowest BCUT2D eigenvalue weighted by molar-refractivity contribution is 0.210. The first-order valence-corrected chi connectivity index (χ1v) is 7.97. The van der Waals surface area contributed by atoms with E-state index in [0.29, 0.717) is 6.71 Å². The van der Waals surface area contributed by atoms with Gasteiger partial charge in [-0.05, 0) is 36.6 Å². The molecule has 0 saturated heterocycles. The van der Waals surface area contributed by atoms with Crippen molar-refractivity contribution in [2.24, 2.45) is 0 Å². The van der Waals surface area contributed by atoms with Crippen LogP contribution in [0, 0.1) is 0 Å². The quantitative estimate of drug-likeness (QED) is 0.685. The van der Waals surface area contributed by atoms with Crippen LogP contribution in [0.5, 0.6) is 5.75 Å². The lowest BCUT2D eigenvalue weighted by Gasteiger charge is -2.14. The van der Waals surface area contributed by atoms with Crippen LogP contribution in [0.2, 0.25) is 13.6 Å². The molecule has 0 saturated carbocycles. The van der Waals surface area contributed by atoms with Gasteiger partial charge in [-0.3, -0.25) is 0 Å². The van der Waals surface area contributed by atoms with E-state index in [4.69, 9.17) is 4.74 Å². The third-order valence-electron chi connectivity index (χ3n) is 3.80. The van der Waals surface area contributed by atoms with Crippen LogP contribution in [0.1, 0.15) is 26.7 Å². The minimum Gasteiger partial charge on any atom is -0.491 e. The third kappa shape index (κ3) is 4.39. The van der Waals surface area contributed by atoms with Gasteiger partial charge >= 0.3 is 0 Å². The second-order valence-corrected chi connectivity index (χ2v) is 6.02. The first-order valence-electron chi connectivity index (χ1n) is 7.97. The van der Waals surface area contributed by atoms with E-state index in [1.807, 2.05) is 0 Å². The molecule has 1 atom stereocenters. The number of rotatable bonds is 6. The lowest BCUT2D eigenvalue weighted by Crippen LogP contribution is -2.21. The summed E-state index contributed by atoms with van der Waals surface area (Å²) in [6, 6.07) is 17.2. The van der Waals surface area contributed by atoms with E-state index in [9.17, 15) is 0 Å². The molecule has 0 amide bonds. The molecule has 2 rings (SSSR count). The molecule has 2 aromatic rings. The summed E-state index contributed by atoms with van der Waals surface area (Å²) in [5.41, 5.74) is 3.88. The fraction of sp³-hybridized carbons (Fsp3) is 0.368. The zero-order valence-corrected chi connectivity index (χ0v) is 13.6. The van der Waals surface area contributed by atoms with Gasteiger partial charge in [0.15, 0.2) is 6.71 Å². The Morgan fingerprint density at radius 2 is 1.43 bits per heavy atom. The standard InChI is InChI=1S/C19H25BO/c1-5-6-15(2)21-19-13-9-17(10-14-19)16-7-11-18(12-8-16)20(3)4/h7-15H,5-6H2,1-4H3. The molecule has 0 bridgehead atoms. The highest BCUT2D eigenvalue weighted by atomic mass is 16.5. The van der Waals surface area contributed by atoms with Crippen molar-refractivity contribution in [2.75, 3.05) is 0 Å². The molecule has 0 aliphatic heterocycles. The van der Waals surface area contributed by atoms with Gasteiger partial charge < -0.3 is 4.74 Å². The van der Waals surface area contributed by atoms with Crippen molar-refractivity contribution >= 4 is 12.2 Å². The zero-order chi connectivity index (χ0) is 15.2. The normalized spacial score (nSPS) is 12.0. The van der Waals surface area contributed by atoms with Gasteiger partial charge in [-0.25, -0.2) is 0 Å². The van der Waals surface area contributed by atoms with E-state index in [1.54, 1.807) is 0 Å². The Bertz CT molecular complexity index is 543. The summed E-state index contributed by atoms with van der Waals surface area (Å²) in [5.74, 6) is 0.957. The summed E-state index contributed by atoms with van der Waals surface area (Å²) in [7, 11) is 0. The molecule has 0 spiro atoms. The first kappa shape index (κ1) is 15.7. The van der Waals surface area contributed by atoms with E-state index >= 15 is 0 Å². The van der Waals surface area contributed by atoms with Gasteiger partial charge in [-0.1, -0.05) is 68.9 Å².